The number of amides is 1. The van der Waals surface area contributed by atoms with Gasteiger partial charge >= 0.3 is 0 Å². The number of thioether (sulfide) groups is 1. The minimum absolute atomic E-state index is 0.0370. The maximum atomic E-state index is 12.1. The Labute approximate surface area is 184 Å². The summed E-state index contributed by atoms with van der Waals surface area (Å²) < 4.78 is 7.99. The Hall–Kier alpha value is -2.02. The van der Waals surface area contributed by atoms with Gasteiger partial charge in [0.1, 0.15) is 11.6 Å². The molecule has 1 aliphatic carbocycles. The quantitative estimate of drug-likeness (QED) is 0.438. The Morgan fingerprint density at radius 2 is 2.07 bits per heavy atom. The molecule has 1 fully saturated rings. The second-order valence-electron chi connectivity index (χ2n) is 8.33. The summed E-state index contributed by atoms with van der Waals surface area (Å²) in [7, 11) is 0. The van der Waals surface area contributed by atoms with E-state index in [1.54, 1.807) is 11.8 Å². The molecule has 0 saturated heterocycles. The van der Waals surface area contributed by atoms with Crippen LogP contribution in [0.5, 0.6) is 5.75 Å². The van der Waals surface area contributed by atoms with E-state index in [1.165, 1.54) is 36.8 Å². The summed E-state index contributed by atoms with van der Waals surface area (Å²) in [5, 5.41) is 12.7. The number of hydrogen-bond acceptors (Lipinski definition) is 5. The third-order valence-electron chi connectivity index (χ3n) is 5.74. The summed E-state index contributed by atoms with van der Waals surface area (Å²) >= 11 is 1.66. The first kappa shape index (κ1) is 22.7. The molecule has 0 bridgehead atoms. The van der Waals surface area contributed by atoms with E-state index in [0.29, 0.717) is 18.5 Å². The zero-order valence-corrected chi connectivity index (χ0v) is 19.4. The highest BCUT2D eigenvalue weighted by molar-refractivity contribution is 7.98. The van der Waals surface area contributed by atoms with Crippen LogP contribution >= 0.6 is 11.8 Å². The predicted molar refractivity (Wildman–Crippen MR) is 121 cm³/mol. The molecule has 1 heterocycles. The fourth-order valence-corrected chi connectivity index (χ4v) is 4.78. The Kier molecular flexibility index (Phi) is 8.19. The number of aromatic nitrogens is 3. The van der Waals surface area contributed by atoms with Crippen molar-refractivity contribution in [3.8, 4) is 5.75 Å². The standard InChI is InChI=1S/C23H34N4O2S/c1-16(2)20-12-11-19(14-17(20)3)29-15-22(28)24-13-7-10-21-25-26-23(30-4)27(21)18-8-5-6-9-18/h11-12,14,16,18H,5-10,13,15H2,1-4H3,(H,24,28). The van der Waals surface area contributed by atoms with Crippen molar-refractivity contribution in [2.75, 3.05) is 19.4 Å². The first-order valence-corrected chi connectivity index (χ1v) is 12.2. The van der Waals surface area contributed by atoms with Crippen molar-refractivity contribution in [1.29, 1.82) is 0 Å². The number of carbonyl (C=O) groups is 1. The van der Waals surface area contributed by atoms with E-state index >= 15 is 0 Å². The number of rotatable bonds is 10. The number of benzene rings is 1. The summed E-state index contributed by atoms with van der Waals surface area (Å²) in [5.41, 5.74) is 2.50. The highest BCUT2D eigenvalue weighted by Gasteiger charge is 2.23. The van der Waals surface area contributed by atoms with Crippen LogP contribution in [-0.4, -0.2) is 40.1 Å². The van der Waals surface area contributed by atoms with Crippen molar-refractivity contribution in [1.82, 2.24) is 20.1 Å². The lowest BCUT2D eigenvalue weighted by Crippen LogP contribution is -2.30. The van der Waals surface area contributed by atoms with Crippen LogP contribution in [0.4, 0.5) is 0 Å². The lowest BCUT2D eigenvalue weighted by molar-refractivity contribution is -0.123. The minimum atomic E-state index is -0.0948. The van der Waals surface area contributed by atoms with E-state index in [2.05, 4.69) is 53.2 Å². The van der Waals surface area contributed by atoms with Crippen LogP contribution in [-0.2, 0) is 11.2 Å². The third kappa shape index (κ3) is 5.78. The van der Waals surface area contributed by atoms with Gasteiger partial charge in [-0.1, -0.05) is 44.5 Å². The molecule has 7 heteroatoms. The summed E-state index contributed by atoms with van der Waals surface area (Å²) in [6, 6.07) is 6.55. The zero-order valence-electron chi connectivity index (χ0n) is 18.6. The fourth-order valence-electron chi connectivity index (χ4n) is 4.21. The highest BCUT2D eigenvalue weighted by atomic mass is 32.2. The van der Waals surface area contributed by atoms with Gasteiger partial charge in [-0.05, 0) is 61.6 Å². The highest BCUT2D eigenvalue weighted by Crippen LogP contribution is 2.33. The zero-order chi connectivity index (χ0) is 21.5. The van der Waals surface area contributed by atoms with Crippen molar-refractivity contribution >= 4 is 17.7 Å². The number of carbonyl (C=O) groups excluding carboxylic acids is 1. The van der Waals surface area contributed by atoms with Crippen LogP contribution in [0.25, 0.3) is 0 Å². The topological polar surface area (TPSA) is 69.0 Å². The van der Waals surface area contributed by atoms with Gasteiger partial charge < -0.3 is 14.6 Å². The number of nitrogens with zero attached hydrogens (tertiary/aromatic N) is 3. The second kappa shape index (κ2) is 10.8. The number of ether oxygens (including phenoxy) is 1. The molecule has 1 aliphatic rings. The monoisotopic (exact) mass is 430 g/mol. The van der Waals surface area contributed by atoms with Crippen molar-refractivity contribution in [3.05, 3.63) is 35.2 Å². The molecule has 0 atom stereocenters. The van der Waals surface area contributed by atoms with E-state index in [1.807, 2.05) is 12.1 Å². The average molecular weight is 431 g/mol. The Morgan fingerprint density at radius 1 is 1.30 bits per heavy atom. The molecular formula is C23H34N4O2S. The third-order valence-corrected chi connectivity index (χ3v) is 6.38. The van der Waals surface area contributed by atoms with Gasteiger partial charge in [-0.3, -0.25) is 4.79 Å². The van der Waals surface area contributed by atoms with Crippen LogP contribution in [0.15, 0.2) is 23.4 Å². The normalized spacial score (nSPS) is 14.4. The summed E-state index contributed by atoms with van der Waals surface area (Å²) in [6.07, 6.45) is 8.71. The van der Waals surface area contributed by atoms with E-state index in [4.69, 9.17) is 4.74 Å². The van der Waals surface area contributed by atoms with Crippen LogP contribution in [0.2, 0.25) is 0 Å². The molecule has 2 aromatic rings. The van der Waals surface area contributed by atoms with E-state index in [0.717, 1.165) is 29.6 Å². The Morgan fingerprint density at radius 3 is 2.73 bits per heavy atom. The van der Waals surface area contributed by atoms with E-state index < -0.39 is 0 Å². The van der Waals surface area contributed by atoms with Gasteiger partial charge in [-0.15, -0.1) is 10.2 Å². The van der Waals surface area contributed by atoms with Gasteiger partial charge in [0.05, 0.1) is 0 Å². The molecule has 0 spiro atoms. The molecule has 1 saturated carbocycles. The smallest absolute Gasteiger partial charge is 0.257 e. The number of nitrogens with one attached hydrogen (secondary N) is 1. The van der Waals surface area contributed by atoms with E-state index in [9.17, 15) is 4.79 Å². The van der Waals surface area contributed by atoms with Crippen molar-refractivity contribution in [2.45, 2.75) is 76.4 Å². The van der Waals surface area contributed by atoms with Gasteiger partial charge in [0, 0.05) is 19.0 Å². The maximum absolute atomic E-state index is 12.1. The molecule has 1 aromatic carbocycles. The molecule has 6 nitrogen and oxygen atoms in total. The molecule has 0 aliphatic heterocycles. The molecule has 1 N–H and O–H groups in total. The summed E-state index contributed by atoms with van der Waals surface area (Å²) in [6.45, 7) is 7.08. The van der Waals surface area contributed by atoms with Crippen LogP contribution < -0.4 is 10.1 Å². The predicted octanol–water partition coefficient (Wildman–Crippen LogP) is 4.67. The fraction of sp³-hybridized carbons (Fsp3) is 0.609. The van der Waals surface area contributed by atoms with E-state index in [-0.39, 0.29) is 12.5 Å². The van der Waals surface area contributed by atoms with Crippen molar-refractivity contribution in [3.63, 3.8) is 0 Å². The number of hydrogen-bond donors (Lipinski definition) is 1. The summed E-state index contributed by atoms with van der Waals surface area (Å²) in [5.74, 6) is 2.16. The van der Waals surface area contributed by atoms with Crippen LogP contribution in [0.3, 0.4) is 0 Å². The SMILES string of the molecule is CSc1nnc(CCCNC(=O)COc2ccc(C(C)C)c(C)c2)n1C1CCCC1. The molecule has 30 heavy (non-hydrogen) atoms. The molecule has 3 rings (SSSR count). The maximum Gasteiger partial charge on any atom is 0.257 e. The molecule has 1 amide bonds. The molecule has 0 unspecified atom stereocenters. The molecule has 0 radical (unpaired) electrons. The largest absolute Gasteiger partial charge is 0.484 e. The van der Waals surface area contributed by atoms with Crippen LogP contribution in [0, 0.1) is 6.92 Å². The second-order valence-corrected chi connectivity index (χ2v) is 9.10. The summed E-state index contributed by atoms with van der Waals surface area (Å²) in [4.78, 5) is 12.1. The van der Waals surface area contributed by atoms with Crippen molar-refractivity contribution < 1.29 is 9.53 Å². The van der Waals surface area contributed by atoms with Gasteiger partial charge in [-0.25, -0.2) is 0 Å². The minimum Gasteiger partial charge on any atom is -0.484 e. The Bertz CT molecular complexity index is 844. The first-order chi connectivity index (χ1) is 14.5. The van der Waals surface area contributed by atoms with Gasteiger partial charge in [0.25, 0.3) is 5.91 Å². The van der Waals surface area contributed by atoms with Gasteiger partial charge in [0.2, 0.25) is 0 Å². The van der Waals surface area contributed by atoms with Crippen LogP contribution in [0.1, 0.15) is 74.9 Å². The van der Waals surface area contributed by atoms with Gasteiger partial charge in [-0.2, -0.15) is 0 Å². The molecular weight excluding hydrogens is 396 g/mol. The lowest BCUT2D eigenvalue weighted by atomic mass is 9.98. The van der Waals surface area contributed by atoms with Crippen molar-refractivity contribution in [2.24, 2.45) is 0 Å². The van der Waals surface area contributed by atoms with Gasteiger partial charge in [0.15, 0.2) is 11.8 Å². The lowest BCUT2D eigenvalue weighted by Gasteiger charge is -2.16. The Balaban J connectivity index is 1.42. The number of aryl methyl sites for hydroxylation is 2. The molecule has 164 valence electrons. The average Bonchev–Trinajstić information content (AvgIpc) is 3.38. The molecule has 1 aromatic heterocycles. The first-order valence-electron chi connectivity index (χ1n) is 11.0.